The van der Waals surface area contributed by atoms with Crippen molar-refractivity contribution in [3.63, 3.8) is 0 Å². The largest absolute Gasteiger partial charge is 0.481 e. The lowest BCUT2D eigenvalue weighted by Gasteiger charge is -2.33. The Balaban J connectivity index is 2.45. The van der Waals surface area contributed by atoms with E-state index in [1.807, 2.05) is 17.8 Å². The average Bonchev–Trinajstić information content (AvgIpc) is 2.08. The van der Waals surface area contributed by atoms with Gasteiger partial charge >= 0.3 is 5.97 Å². The van der Waals surface area contributed by atoms with Gasteiger partial charge in [0.1, 0.15) is 0 Å². The Morgan fingerprint density at radius 2 is 2.54 bits per heavy atom. The molecule has 0 aromatic rings. The minimum atomic E-state index is -0.707. The summed E-state index contributed by atoms with van der Waals surface area (Å²) in [5.74, 6) is 1.32. The van der Waals surface area contributed by atoms with Crippen LogP contribution in [0.1, 0.15) is 6.42 Å². The molecular formula is C9H15NO2S. The summed E-state index contributed by atoms with van der Waals surface area (Å²) in [5, 5.41) is 8.69. The van der Waals surface area contributed by atoms with Gasteiger partial charge in [-0.05, 0) is 0 Å². The number of hydrogen-bond acceptors (Lipinski definition) is 3. The van der Waals surface area contributed by atoms with E-state index in [1.165, 1.54) is 0 Å². The van der Waals surface area contributed by atoms with Crippen LogP contribution in [0.15, 0.2) is 12.7 Å². The maximum absolute atomic E-state index is 10.6. The number of rotatable bonds is 4. The zero-order valence-corrected chi connectivity index (χ0v) is 8.42. The van der Waals surface area contributed by atoms with E-state index in [2.05, 4.69) is 11.5 Å². The van der Waals surface area contributed by atoms with E-state index in [-0.39, 0.29) is 12.5 Å². The minimum Gasteiger partial charge on any atom is -0.481 e. The second kappa shape index (κ2) is 5.29. The Bertz CT molecular complexity index is 196. The molecule has 0 saturated carbocycles. The predicted molar refractivity (Wildman–Crippen MR) is 55.1 cm³/mol. The van der Waals surface area contributed by atoms with Crippen molar-refractivity contribution in [2.75, 3.05) is 24.6 Å². The predicted octanol–water partition coefficient (Wildman–Crippen LogP) is 1.06. The smallest absolute Gasteiger partial charge is 0.304 e. The molecule has 1 unspecified atom stereocenters. The second-order valence-electron chi connectivity index (χ2n) is 3.11. The Kier molecular flexibility index (Phi) is 4.32. The van der Waals surface area contributed by atoms with E-state index in [4.69, 9.17) is 5.11 Å². The third-order valence-electron chi connectivity index (χ3n) is 2.12. The normalized spacial score (nSPS) is 24.2. The first-order valence-corrected chi connectivity index (χ1v) is 5.54. The van der Waals surface area contributed by atoms with Crippen LogP contribution in [0, 0.1) is 0 Å². The van der Waals surface area contributed by atoms with Gasteiger partial charge in [0.25, 0.3) is 0 Å². The van der Waals surface area contributed by atoms with Crippen molar-refractivity contribution in [2.24, 2.45) is 0 Å². The molecule has 0 radical (unpaired) electrons. The van der Waals surface area contributed by atoms with Crippen molar-refractivity contribution in [3.05, 3.63) is 12.7 Å². The average molecular weight is 201 g/mol. The third-order valence-corrected chi connectivity index (χ3v) is 3.22. The molecule has 1 rings (SSSR count). The highest BCUT2D eigenvalue weighted by atomic mass is 32.2. The molecule has 3 nitrogen and oxygen atoms in total. The van der Waals surface area contributed by atoms with Crippen LogP contribution in [0.4, 0.5) is 0 Å². The standard InChI is InChI=1S/C9H15NO2S/c1-2-3-10-4-5-13-7-8(10)6-9(11)12/h2,8H,1,3-7H2,(H,11,12). The minimum absolute atomic E-state index is 0.189. The Labute approximate surface area is 82.8 Å². The molecule has 1 fully saturated rings. The van der Waals surface area contributed by atoms with Crippen molar-refractivity contribution in [1.82, 2.24) is 4.90 Å². The molecule has 74 valence electrons. The zero-order valence-electron chi connectivity index (χ0n) is 7.61. The first-order chi connectivity index (χ1) is 6.24. The fourth-order valence-electron chi connectivity index (χ4n) is 1.48. The number of thioether (sulfide) groups is 1. The lowest BCUT2D eigenvalue weighted by atomic mass is 10.2. The SMILES string of the molecule is C=CCN1CCSCC1CC(=O)O. The van der Waals surface area contributed by atoms with Gasteiger partial charge in [-0.1, -0.05) is 6.08 Å². The number of hydrogen-bond donors (Lipinski definition) is 1. The molecule has 1 aliphatic rings. The molecule has 4 heteroatoms. The van der Waals surface area contributed by atoms with Crippen molar-refractivity contribution < 1.29 is 9.90 Å². The highest BCUT2D eigenvalue weighted by Crippen LogP contribution is 2.18. The molecule has 0 aliphatic carbocycles. The van der Waals surface area contributed by atoms with Crippen LogP contribution in [0.2, 0.25) is 0 Å². The van der Waals surface area contributed by atoms with Crippen LogP contribution in [0.3, 0.4) is 0 Å². The van der Waals surface area contributed by atoms with Gasteiger partial charge in [-0.3, -0.25) is 9.69 Å². The molecule has 13 heavy (non-hydrogen) atoms. The number of aliphatic carboxylic acids is 1. The lowest BCUT2D eigenvalue weighted by molar-refractivity contribution is -0.138. The molecule has 0 spiro atoms. The molecule has 0 amide bonds. The summed E-state index contributed by atoms with van der Waals surface area (Å²) in [6.45, 7) is 5.46. The van der Waals surface area contributed by atoms with Gasteiger partial charge in [0, 0.05) is 30.6 Å². The maximum Gasteiger partial charge on any atom is 0.304 e. The molecule has 1 atom stereocenters. The summed E-state index contributed by atoms with van der Waals surface area (Å²) in [6, 6.07) is 0.189. The van der Waals surface area contributed by atoms with E-state index in [1.54, 1.807) is 0 Å². The van der Waals surface area contributed by atoms with Crippen molar-refractivity contribution in [2.45, 2.75) is 12.5 Å². The van der Waals surface area contributed by atoms with E-state index in [0.717, 1.165) is 24.6 Å². The van der Waals surface area contributed by atoms with Crippen LogP contribution in [0.25, 0.3) is 0 Å². The summed E-state index contributed by atoms with van der Waals surface area (Å²) in [6.07, 6.45) is 2.09. The molecule has 1 saturated heterocycles. The van der Waals surface area contributed by atoms with Gasteiger partial charge in [-0.2, -0.15) is 11.8 Å². The summed E-state index contributed by atoms with van der Waals surface area (Å²) in [4.78, 5) is 12.7. The molecule has 0 aromatic carbocycles. The van der Waals surface area contributed by atoms with Gasteiger partial charge in [-0.25, -0.2) is 0 Å². The first kappa shape index (κ1) is 10.6. The van der Waals surface area contributed by atoms with Gasteiger partial charge in [0.2, 0.25) is 0 Å². The number of carbonyl (C=O) groups is 1. The molecule has 1 N–H and O–H groups in total. The van der Waals surface area contributed by atoms with Gasteiger partial charge in [0.15, 0.2) is 0 Å². The fraction of sp³-hybridized carbons (Fsp3) is 0.667. The summed E-state index contributed by atoms with van der Waals surface area (Å²) in [7, 11) is 0. The summed E-state index contributed by atoms with van der Waals surface area (Å²) >= 11 is 1.84. The molecular weight excluding hydrogens is 186 g/mol. The molecule has 1 aliphatic heterocycles. The van der Waals surface area contributed by atoms with Crippen LogP contribution in [-0.2, 0) is 4.79 Å². The number of carboxylic acids is 1. The molecule has 0 bridgehead atoms. The number of carboxylic acid groups (broad SMARTS) is 1. The van der Waals surface area contributed by atoms with Crippen LogP contribution >= 0.6 is 11.8 Å². The highest BCUT2D eigenvalue weighted by Gasteiger charge is 2.23. The zero-order chi connectivity index (χ0) is 9.68. The van der Waals surface area contributed by atoms with Crippen molar-refractivity contribution in [1.29, 1.82) is 0 Å². The van der Waals surface area contributed by atoms with Crippen molar-refractivity contribution >= 4 is 17.7 Å². The van der Waals surface area contributed by atoms with E-state index in [9.17, 15) is 4.79 Å². The number of nitrogens with zero attached hydrogens (tertiary/aromatic N) is 1. The molecule has 1 heterocycles. The third kappa shape index (κ3) is 3.40. The monoisotopic (exact) mass is 201 g/mol. The van der Waals surface area contributed by atoms with Gasteiger partial charge < -0.3 is 5.11 Å². The van der Waals surface area contributed by atoms with Crippen LogP contribution in [0.5, 0.6) is 0 Å². The maximum atomic E-state index is 10.6. The van der Waals surface area contributed by atoms with Crippen LogP contribution in [-0.4, -0.2) is 46.6 Å². The van der Waals surface area contributed by atoms with Crippen LogP contribution < -0.4 is 0 Å². The quantitative estimate of drug-likeness (QED) is 0.691. The Morgan fingerprint density at radius 1 is 1.77 bits per heavy atom. The topological polar surface area (TPSA) is 40.5 Å². The highest BCUT2D eigenvalue weighted by molar-refractivity contribution is 7.99. The Hall–Kier alpha value is -0.480. The van der Waals surface area contributed by atoms with E-state index >= 15 is 0 Å². The Morgan fingerprint density at radius 3 is 3.15 bits per heavy atom. The lowest BCUT2D eigenvalue weighted by Crippen LogP contribution is -2.43. The van der Waals surface area contributed by atoms with Gasteiger partial charge in [-0.15, -0.1) is 6.58 Å². The molecule has 0 aromatic heterocycles. The van der Waals surface area contributed by atoms with Crippen molar-refractivity contribution in [3.8, 4) is 0 Å². The van der Waals surface area contributed by atoms with E-state index < -0.39 is 5.97 Å². The second-order valence-corrected chi connectivity index (χ2v) is 4.26. The fourth-order valence-corrected chi connectivity index (χ4v) is 2.62. The van der Waals surface area contributed by atoms with Gasteiger partial charge in [0.05, 0.1) is 6.42 Å². The van der Waals surface area contributed by atoms with E-state index in [0.29, 0.717) is 0 Å². The summed E-state index contributed by atoms with van der Waals surface area (Å²) < 4.78 is 0. The summed E-state index contributed by atoms with van der Waals surface area (Å²) in [5.41, 5.74) is 0. The first-order valence-electron chi connectivity index (χ1n) is 4.38.